The van der Waals surface area contributed by atoms with Crippen LogP contribution in [0.3, 0.4) is 0 Å². The quantitative estimate of drug-likeness (QED) is 0.203. The van der Waals surface area contributed by atoms with Crippen molar-refractivity contribution in [2.75, 3.05) is 0 Å². The minimum Gasteiger partial charge on any atom is -0.0654 e. The van der Waals surface area contributed by atoms with Gasteiger partial charge in [-0.1, -0.05) is 73.1 Å². The Morgan fingerprint density at radius 2 is 1.36 bits per heavy atom. The largest absolute Gasteiger partial charge is 0.0654 e. The zero-order valence-electron chi connectivity index (χ0n) is 23.4. The third-order valence-electron chi connectivity index (χ3n) is 12.0. The van der Waals surface area contributed by atoms with E-state index in [1.165, 1.54) is 44.9 Å². The Morgan fingerprint density at radius 3 is 1.94 bits per heavy atom. The fourth-order valence-electron chi connectivity index (χ4n) is 8.64. The second-order valence-electron chi connectivity index (χ2n) is 14.1. The minimum atomic E-state index is 0.957. The number of hydrogen-bond donors (Lipinski definition) is 0. The van der Waals surface area contributed by atoms with Gasteiger partial charge in [-0.05, 0) is 136 Å². The summed E-state index contributed by atoms with van der Waals surface area (Å²) in [6, 6.07) is 0. The zero-order valence-corrected chi connectivity index (χ0v) is 23.4. The third-order valence-corrected chi connectivity index (χ3v) is 12.0. The first kappa shape index (κ1) is 26.1. The Kier molecular flexibility index (Phi) is 9.72. The van der Waals surface area contributed by atoms with Crippen LogP contribution in [0, 0.1) is 65.1 Å². The lowest BCUT2D eigenvalue weighted by atomic mass is 9.62. The van der Waals surface area contributed by atoms with Crippen molar-refractivity contribution in [2.45, 2.75) is 144 Å². The molecule has 0 saturated heterocycles. The molecule has 0 radical (unpaired) electrons. The molecule has 0 aromatic carbocycles. The van der Waals surface area contributed by atoms with E-state index in [4.69, 9.17) is 0 Å². The normalized spacial score (nSPS) is 40.3. The Hall–Kier alpha value is 0. The predicted molar refractivity (Wildman–Crippen MR) is 145 cm³/mol. The second-order valence-corrected chi connectivity index (χ2v) is 14.1. The molecule has 0 bridgehead atoms. The van der Waals surface area contributed by atoms with E-state index in [0.29, 0.717) is 0 Å². The molecule has 0 aliphatic heterocycles. The molecule has 11 unspecified atom stereocenters. The topological polar surface area (TPSA) is 0 Å². The van der Waals surface area contributed by atoms with Gasteiger partial charge < -0.3 is 0 Å². The zero-order chi connectivity index (χ0) is 23.4. The van der Waals surface area contributed by atoms with E-state index in [-0.39, 0.29) is 0 Å². The first-order valence-electron chi connectivity index (χ1n) is 16.0. The van der Waals surface area contributed by atoms with E-state index in [0.717, 1.165) is 65.1 Å². The average molecular weight is 457 g/mol. The van der Waals surface area contributed by atoms with Crippen LogP contribution in [0.15, 0.2) is 0 Å². The summed E-state index contributed by atoms with van der Waals surface area (Å²) >= 11 is 0. The Labute approximate surface area is 208 Å². The van der Waals surface area contributed by atoms with Gasteiger partial charge in [0.05, 0.1) is 0 Å². The molecule has 4 aliphatic rings. The Balaban J connectivity index is 1.11. The highest BCUT2D eigenvalue weighted by atomic mass is 14.5. The number of rotatable bonds is 16. The molecule has 4 fully saturated rings. The van der Waals surface area contributed by atoms with Gasteiger partial charge in [0.1, 0.15) is 0 Å². The van der Waals surface area contributed by atoms with Crippen molar-refractivity contribution in [2.24, 2.45) is 65.1 Å². The highest BCUT2D eigenvalue weighted by Crippen LogP contribution is 2.53. The molecule has 11 atom stereocenters. The monoisotopic (exact) mass is 456 g/mol. The summed E-state index contributed by atoms with van der Waals surface area (Å²) in [5.41, 5.74) is 0. The van der Waals surface area contributed by atoms with E-state index >= 15 is 0 Å². The second kappa shape index (κ2) is 12.3. The van der Waals surface area contributed by atoms with Crippen molar-refractivity contribution in [1.29, 1.82) is 0 Å². The summed E-state index contributed by atoms with van der Waals surface area (Å²) in [6.45, 7) is 12.6. The van der Waals surface area contributed by atoms with Gasteiger partial charge in [0, 0.05) is 0 Å². The average Bonchev–Trinajstić information content (AvgIpc) is 3.55. The summed E-state index contributed by atoms with van der Waals surface area (Å²) in [5.74, 6) is 11.7. The van der Waals surface area contributed by atoms with E-state index in [9.17, 15) is 0 Å². The molecule has 4 saturated carbocycles. The first-order valence-corrected chi connectivity index (χ1v) is 16.0. The van der Waals surface area contributed by atoms with Crippen LogP contribution in [0.25, 0.3) is 0 Å². The summed E-state index contributed by atoms with van der Waals surface area (Å²) in [5, 5.41) is 0. The van der Waals surface area contributed by atoms with Gasteiger partial charge >= 0.3 is 0 Å². The fourth-order valence-corrected chi connectivity index (χ4v) is 8.64. The van der Waals surface area contributed by atoms with Crippen molar-refractivity contribution in [3.05, 3.63) is 0 Å². The van der Waals surface area contributed by atoms with Gasteiger partial charge in [0.15, 0.2) is 0 Å². The lowest BCUT2D eigenvalue weighted by Gasteiger charge is -2.43. The summed E-state index contributed by atoms with van der Waals surface area (Å²) in [4.78, 5) is 0. The maximum absolute atomic E-state index is 2.63. The van der Waals surface area contributed by atoms with Gasteiger partial charge in [-0.2, -0.15) is 0 Å². The van der Waals surface area contributed by atoms with E-state index < -0.39 is 0 Å². The molecule has 0 aromatic rings. The van der Waals surface area contributed by atoms with Crippen LogP contribution in [-0.2, 0) is 0 Å². The molecular formula is C33H60. The highest BCUT2D eigenvalue weighted by Gasteiger charge is 2.43. The SMILES string of the molecule is CCCCCC1CCC1CC(C)C(CC)CC(C)C1CC1CCC1CCC1CC1CCC1C. The van der Waals surface area contributed by atoms with Crippen molar-refractivity contribution < 1.29 is 0 Å². The van der Waals surface area contributed by atoms with Crippen LogP contribution in [0.4, 0.5) is 0 Å². The molecule has 0 heterocycles. The van der Waals surface area contributed by atoms with E-state index in [1.54, 1.807) is 64.2 Å². The van der Waals surface area contributed by atoms with Crippen LogP contribution >= 0.6 is 0 Å². The van der Waals surface area contributed by atoms with Crippen LogP contribution in [0.1, 0.15) is 144 Å². The van der Waals surface area contributed by atoms with Crippen LogP contribution in [0.5, 0.6) is 0 Å². The molecule has 0 aromatic heterocycles. The predicted octanol–water partition coefficient (Wildman–Crippen LogP) is 10.6. The maximum Gasteiger partial charge on any atom is -0.0357 e. The van der Waals surface area contributed by atoms with Gasteiger partial charge in [0.25, 0.3) is 0 Å². The van der Waals surface area contributed by atoms with Crippen molar-refractivity contribution >= 4 is 0 Å². The Bertz CT molecular complexity index is 564. The van der Waals surface area contributed by atoms with Crippen molar-refractivity contribution in [3.8, 4) is 0 Å². The van der Waals surface area contributed by atoms with Gasteiger partial charge in [-0.25, -0.2) is 0 Å². The lowest BCUT2D eigenvalue weighted by molar-refractivity contribution is 0.0734. The molecule has 4 aliphatic carbocycles. The van der Waals surface area contributed by atoms with Crippen molar-refractivity contribution in [1.82, 2.24) is 0 Å². The lowest BCUT2D eigenvalue weighted by Crippen LogP contribution is -2.33. The summed E-state index contributed by atoms with van der Waals surface area (Å²) in [6.07, 6.45) is 25.9. The summed E-state index contributed by atoms with van der Waals surface area (Å²) in [7, 11) is 0. The van der Waals surface area contributed by atoms with Crippen molar-refractivity contribution in [3.63, 3.8) is 0 Å². The van der Waals surface area contributed by atoms with Crippen LogP contribution in [0.2, 0.25) is 0 Å². The molecule has 0 amide bonds. The molecule has 0 N–H and O–H groups in total. The summed E-state index contributed by atoms with van der Waals surface area (Å²) < 4.78 is 0. The molecule has 0 spiro atoms. The molecule has 0 heteroatoms. The van der Waals surface area contributed by atoms with Gasteiger partial charge in [0.2, 0.25) is 0 Å². The van der Waals surface area contributed by atoms with Crippen LogP contribution in [-0.4, -0.2) is 0 Å². The fraction of sp³-hybridized carbons (Fsp3) is 1.00. The molecule has 0 nitrogen and oxygen atoms in total. The number of hydrogen-bond acceptors (Lipinski definition) is 0. The van der Waals surface area contributed by atoms with E-state index in [2.05, 4.69) is 34.6 Å². The van der Waals surface area contributed by atoms with E-state index in [1.807, 2.05) is 0 Å². The van der Waals surface area contributed by atoms with Gasteiger partial charge in [-0.3, -0.25) is 0 Å². The molecule has 192 valence electrons. The van der Waals surface area contributed by atoms with Crippen LogP contribution < -0.4 is 0 Å². The maximum atomic E-state index is 2.63. The Morgan fingerprint density at radius 1 is 0.697 bits per heavy atom. The molecule has 4 rings (SSSR count). The minimum absolute atomic E-state index is 0.957. The standard InChI is InChI=1S/C33H60/c1-6-8-9-10-27-13-16-30(27)19-24(4)26(7-2)20-25(5)33-22-32(33)18-15-28-14-17-31(28)21-29-12-11-23(29)3/h23-33H,6-22H2,1-5H3. The molecular weight excluding hydrogens is 396 g/mol. The molecule has 33 heavy (non-hydrogen) atoms. The highest BCUT2D eigenvalue weighted by molar-refractivity contribution is 4.93. The first-order chi connectivity index (χ1) is 16.0. The third kappa shape index (κ3) is 6.82. The van der Waals surface area contributed by atoms with Gasteiger partial charge in [-0.15, -0.1) is 0 Å². The smallest absolute Gasteiger partial charge is 0.0357 e. The number of unbranched alkanes of at least 4 members (excludes halogenated alkanes) is 2.